The average molecular weight is 208 g/mol. The van der Waals surface area contributed by atoms with Crippen LogP contribution in [0.1, 0.15) is 0 Å². The summed E-state index contributed by atoms with van der Waals surface area (Å²) in [5.41, 5.74) is -1.48. The third kappa shape index (κ3) is 1.13. The predicted octanol–water partition coefficient (Wildman–Crippen LogP) is -1.68. The van der Waals surface area contributed by atoms with Gasteiger partial charge in [-0.05, 0) is 0 Å². The highest BCUT2D eigenvalue weighted by atomic mass is 16.2. The lowest BCUT2D eigenvalue weighted by molar-refractivity contribution is 0.702. The van der Waals surface area contributed by atoms with Crippen LogP contribution in [0.5, 0.6) is 0 Å². The first-order valence-corrected chi connectivity index (χ1v) is 4.17. The molecule has 2 aromatic heterocycles. The van der Waals surface area contributed by atoms with E-state index in [9.17, 15) is 14.4 Å². The Hall–Kier alpha value is -2.18. The molecule has 0 amide bonds. The third-order valence-corrected chi connectivity index (χ3v) is 2.26. The van der Waals surface area contributed by atoms with Crippen LogP contribution in [0.25, 0.3) is 11.0 Å². The van der Waals surface area contributed by atoms with Gasteiger partial charge >= 0.3 is 5.69 Å². The predicted molar refractivity (Wildman–Crippen MR) is 52.8 cm³/mol. The molecule has 0 saturated heterocycles. The van der Waals surface area contributed by atoms with E-state index >= 15 is 0 Å². The second-order valence-corrected chi connectivity index (χ2v) is 3.16. The fraction of sp³-hybridized carbons (Fsp3) is 0.250. The molecule has 2 aromatic rings. The summed E-state index contributed by atoms with van der Waals surface area (Å²) in [6.45, 7) is 0. The molecule has 2 heterocycles. The molecule has 7 heteroatoms. The number of fused-ring (bicyclic) bond motifs is 1. The zero-order valence-corrected chi connectivity index (χ0v) is 8.14. The van der Waals surface area contributed by atoms with Crippen LogP contribution in [0, 0.1) is 0 Å². The number of H-pyrrole nitrogens is 1. The van der Waals surface area contributed by atoms with Crippen molar-refractivity contribution < 1.29 is 0 Å². The van der Waals surface area contributed by atoms with Crippen LogP contribution >= 0.6 is 0 Å². The summed E-state index contributed by atoms with van der Waals surface area (Å²) in [6.07, 6.45) is 1.01. The van der Waals surface area contributed by atoms with Crippen LogP contribution in [0.4, 0.5) is 0 Å². The molecule has 0 aromatic carbocycles. The summed E-state index contributed by atoms with van der Waals surface area (Å²) in [7, 11) is 2.78. The van der Waals surface area contributed by atoms with Gasteiger partial charge in [0.05, 0.1) is 6.20 Å². The van der Waals surface area contributed by atoms with Crippen molar-refractivity contribution in [2.75, 3.05) is 0 Å². The summed E-state index contributed by atoms with van der Waals surface area (Å²) < 4.78 is 2.06. The van der Waals surface area contributed by atoms with Crippen molar-refractivity contribution in [3.05, 3.63) is 37.3 Å². The summed E-state index contributed by atoms with van der Waals surface area (Å²) in [5, 5.41) is 5.95. The second kappa shape index (κ2) is 2.91. The van der Waals surface area contributed by atoms with Crippen molar-refractivity contribution in [1.82, 2.24) is 19.3 Å². The number of aryl methyl sites for hydroxylation is 1. The molecular formula is C8H8N4O3. The van der Waals surface area contributed by atoms with E-state index in [2.05, 4.69) is 10.2 Å². The first-order chi connectivity index (χ1) is 7.04. The monoisotopic (exact) mass is 208 g/mol. The number of hydrogen-bond acceptors (Lipinski definition) is 4. The minimum Gasteiger partial charge on any atom is -0.287 e. The first-order valence-electron chi connectivity index (χ1n) is 4.17. The fourth-order valence-electron chi connectivity index (χ4n) is 1.41. The topological polar surface area (TPSA) is 89.8 Å². The van der Waals surface area contributed by atoms with E-state index < -0.39 is 16.7 Å². The normalized spacial score (nSPS) is 10.8. The lowest BCUT2D eigenvalue weighted by atomic mass is 10.3. The molecule has 7 nitrogen and oxygen atoms in total. The van der Waals surface area contributed by atoms with Gasteiger partial charge in [-0.2, -0.15) is 5.10 Å². The Morgan fingerprint density at radius 1 is 1.20 bits per heavy atom. The molecule has 0 atom stereocenters. The largest absolute Gasteiger partial charge is 0.332 e. The van der Waals surface area contributed by atoms with Crippen LogP contribution in [-0.4, -0.2) is 19.3 Å². The molecule has 1 N–H and O–H groups in total. The van der Waals surface area contributed by atoms with Gasteiger partial charge in [-0.3, -0.25) is 23.8 Å². The van der Waals surface area contributed by atoms with E-state index in [0.717, 1.165) is 10.8 Å². The Labute approximate surface area is 82.6 Å². The van der Waals surface area contributed by atoms with Gasteiger partial charge in [0.1, 0.15) is 11.0 Å². The summed E-state index contributed by atoms with van der Waals surface area (Å²) in [4.78, 5) is 34.5. The van der Waals surface area contributed by atoms with Crippen molar-refractivity contribution in [3.8, 4) is 0 Å². The Morgan fingerprint density at radius 2 is 1.87 bits per heavy atom. The molecular weight excluding hydrogens is 200 g/mol. The molecule has 2 rings (SSSR count). The Morgan fingerprint density at radius 3 is 2.53 bits per heavy atom. The average Bonchev–Trinajstić information content (AvgIpc) is 2.23. The maximum atomic E-state index is 11.6. The highest BCUT2D eigenvalue weighted by molar-refractivity contribution is 5.72. The smallest absolute Gasteiger partial charge is 0.287 e. The van der Waals surface area contributed by atoms with E-state index in [1.165, 1.54) is 18.7 Å². The SMILES string of the molecule is Cn1c(=O)c2c(=O)cn[nH]c2n(C)c1=O. The number of hydrogen-bond donors (Lipinski definition) is 1. The number of aromatic amines is 1. The van der Waals surface area contributed by atoms with Crippen LogP contribution in [0.3, 0.4) is 0 Å². The lowest BCUT2D eigenvalue weighted by Gasteiger charge is -2.04. The quantitative estimate of drug-likeness (QED) is 0.560. The number of nitrogens with zero attached hydrogens (tertiary/aromatic N) is 3. The van der Waals surface area contributed by atoms with Gasteiger partial charge in [0.15, 0.2) is 0 Å². The first kappa shape index (κ1) is 9.38. The number of aromatic nitrogens is 4. The molecule has 15 heavy (non-hydrogen) atoms. The zero-order valence-electron chi connectivity index (χ0n) is 8.14. The van der Waals surface area contributed by atoms with Gasteiger partial charge in [-0.15, -0.1) is 0 Å². The van der Waals surface area contributed by atoms with Gasteiger partial charge < -0.3 is 0 Å². The number of rotatable bonds is 0. The van der Waals surface area contributed by atoms with E-state index in [1.54, 1.807) is 0 Å². The third-order valence-electron chi connectivity index (χ3n) is 2.26. The van der Waals surface area contributed by atoms with Gasteiger partial charge in [-0.25, -0.2) is 4.79 Å². The lowest BCUT2D eigenvalue weighted by Crippen LogP contribution is -2.39. The van der Waals surface area contributed by atoms with Crippen LogP contribution in [-0.2, 0) is 14.1 Å². The molecule has 0 bridgehead atoms. The summed E-state index contributed by atoms with van der Waals surface area (Å²) in [5.74, 6) is 0. The number of nitrogens with one attached hydrogen (secondary N) is 1. The van der Waals surface area contributed by atoms with Gasteiger partial charge in [0, 0.05) is 14.1 Å². The Balaban J connectivity index is 3.31. The maximum absolute atomic E-state index is 11.6. The highest BCUT2D eigenvalue weighted by Crippen LogP contribution is 1.93. The molecule has 78 valence electrons. The van der Waals surface area contributed by atoms with Crippen LogP contribution in [0.15, 0.2) is 20.6 Å². The van der Waals surface area contributed by atoms with E-state index in [1.807, 2.05) is 0 Å². The van der Waals surface area contributed by atoms with Crippen LogP contribution in [0.2, 0.25) is 0 Å². The minimum atomic E-state index is -0.614. The molecule has 0 saturated carbocycles. The minimum absolute atomic E-state index is 0.0606. The Bertz CT molecular complexity index is 706. The van der Waals surface area contributed by atoms with Crippen molar-refractivity contribution in [2.24, 2.45) is 14.1 Å². The van der Waals surface area contributed by atoms with E-state index in [-0.39, 0.29) is 11.0 Å². The molecule has 0 radical (unpaired) electrons. The second-order valence-electron chi connectivity index (χ2n) is 3.16. The molecule has 0 fully saturated rings. The standard InChI is InChI=1S/C8H8N4O3/c1-11-6-5(4(13)3-9-10-6)7(14)12(2)8(11)15/h3H,1-2H3,(H,10,13). The van der Waals surface area contributed by atoms with Crippen molar-refractivity contribution >= 4 is 11.0 Å². The van der Waals surface area contributed by atoms with Crippen molar-refractivity contribution in [2.45, 2.75) is 0 Å². The molecule has 0 unspecified atom stereocenters. The van der Waals surface area contributed by atoms with E-state index in [4.69, 9.17) is 0 Å². The van der Waals surface area contributed by atoms with E-state index in [0.29, 0.717) is 0 Å². The van der Waals surface area contributed by atoms with Gasteiger partial charge in [-0.1, -0.05) is 0 Å². The fourth-order valence-corrected chi connectivity index (χ4v) is 1.41. The Kier molecular flexibility index (Phi) is 1.82. The van der Waals surface area contributed by atoms with Gasteiger partial charge in [0.2, 0.25) is 5.43 Å². The summed E-state index contributed by atoms with van der Waals surface area (Å²) >= 11 is 0. The zero-order chi connectivity index (χ0) is 11.2. The van der Waals surface area contributed by atoms with Crippen molar-refractivity contribution in [3.63, 3.8) is 0 Å². The maximum Gasteiger partial charge on any atom is 0.332 e. The molecule has 0 aliphatic carbocycles. The molecule has 0 aliphatic heterocycles. The van der Waals surface area contributed by atoms with Crippen molar-refractivity contribution in [1.29, 1.82) is 0 Å². The van der Waals surface area contributed by atoms with Crippen LogP contribution < -0.4 is 16.7 Å². The summed E-state index contributed by atoms with van der Waals surface area (Å²) in [6, 6.07) is 0. The highest BCUT2D eigenvalue weighted by Gasteiger charge is 2.11. The van der Waals surface area contributed by atoms with Gasteiger partial charge in [0.25, 0.3) is 5.56 Å². The molecule has 0 aliphatic rings. The molecule has 0 spiro atoms.